The molecule has 6 heteroatoms. The van der Waals surface area contributed by atoms with Crippen LogP contribution in [0.3, 0.4) is 0 Å². The minimum atomic E-state index is 0.116. The molecule has 1 aromatic rings. The number of methoxy groups -OCH3 is 2. The van der Waals surface area contributed by atoms with Crippen molar-refractivity contribution >= 4 is 5.91 Å². The van der Waals surface area contributed by atoms with E-state index in [-0.39, 0.29) is 18.1 Å². The number of rotatable bonds is 5. The highest BCUT2D eigenvalue weighted by Gasteiger charge is 2.32. The second kappa shape index (κ2) is 8.06. The molecule has 25 heavy (non-hydrogen) atoms. The molecule has 0 radical (unpaired) electrons. The lowest BCUT2D eigenvalue weighted by Crippen LogP contribution is -2.48. The van der Waals surface area contributed by atoms with Crippen LogP contribution in [0.4, 0.5) is 0 Å². The number of hydrogen-bond donors (Lipinski definition) is 0. The van der Waals surface area contributed by atoms with Crippen molar-refractivity contribution in [2.75, 3.05) is 47.0 Å². The first-order chi connectivity index (χ1) is 12.1. The Morgan fingerprint density at radius 1 is 1.28 bits per heavy atom. The number of likely N-dealkylation sites (tertiary alicyclic amines) is 1. The topological polar surface area (TPSA) is 51.2 Å². The number of ether oxygens (including phenoxy) is 3. The molecule has 1 amide bonds. The van der Waals surface area contributed by atoms with Crippen molar-refractivity contribution in [3.63, 3.8) is 0 Å². The molecule has 0 bridgehead atoms. The largest absolute Gasteiger partial charge is 0.497 e. The highest BCUT2D eigenvalue weighted by atomic mass is 16.5. The van der Waals surface area contributed by atoms with Crippen molar-refractivity contribution in [2.45, 2.75) is 31.9 Å². The molecule has 2 fully saturated rings. The predicted molar refractivity (Wildman–Crippen MR) is 95.1 cm³/mol. The maximum atomic E-state index is 12.7. The van der Waals surface area contributed by atoms with Gasteiger partial charge in [-0.2, -0.15) is 0 Å². The number of benzene rings is 1. The Hall–Kier alpha value is -1.79. The third-order valence-electron chi connectivity index (χ3n) is 5.09. The highest BCUT2D eigenvalue weighted by molar-refractivity contribution is 5.78. The average molecular weight is 348 g/mol. The minimum Gasteiger partial charge on any atom is -0.497 e. The molecule has 0 spiro atoms. The van der Waals surface area contributed by atoms with E-state index in [0.717, 1.165) is 36.4 Å². The van der Waals surface area contributed by atoms with Gasteiger partial charge < -0.3 is 19.1 Å². The fourth-order valence-electron chi connectivity index (χ4n) is 3.79. The summed E-state index contributed by atoms with van der Waals surface area (Å²) in [6.07, 6.45) is 2.22. The van der Waals surface area contributed by atoms with E-state index in [1.165, 1.54) is 0 Å². The quantitative estimate of drug-likeness (QED) is 0.816. The molecule has 0 N–H and O–H groups in total. The minimum absolute atomic E-state index is 0.116. The summed E-state index contributed by atoms with van der Waals surface area (Å²) >= 11 is 0. The Balaban J connectivity index is 1.73. The molecule has 2 aliphatic heterocycles. The van der Waals surface area contributed by atoms with Crippen LogP contribution in [-0.2, 0) is 9.53 Å². The lowest BCUT2D eigenvalue weighted by molar-refractivity contribution is -0.139. The van der Waals surface area contributed by atoms with Gasteiger partial charge in [0, 0.05) is 24.7 Å². The van der Waals surface area contributed by atoms with Crippen LogP contribution in [-0.4, -0.2) is 68.8 Å². The van der Waals surface area contributed by atoms with Gasteiger partial charge in [-0.25, -0.2) is 0 Å². The summed E-state index contributed by atoms with van der Waals surface area (Å²) in [6, 6.07) is 6.06. The zero-order valence-corrected chi connectivity index (χ0v) is 15.4. The highest BCUT2D eigenvalue weighted by Crippen LogP contribution is 2.38. The van der Waals surface area contributed by atoms with Crippen LogP contribution in [0.2, 0.25) is 0 Å². The first-order valence-electron chi connectivity index (χ1n) is 8.97. The maximum Gasteiger partial charge on any atom is 0.236 e. The van der Waals surface area contributed by atoms with Crippen LogP contribution in [0.25, 0.3) is 0 Å². The van der Waals surface area contributed by atoms with E-state index in [1.54, 1.807) is 14.2 Å². The first-order valence-corrected chi connectivity index (χ1v) is 8.97. The summed E-state index contributed by atoms with van der Waals surface area (Å²) in [5.41, 5.74) is 1.10. The molecule has 0 saturated carbocycles. The number of nitrogens with zero attached hydrogens (tertiary/aromatic N) is 2. The lowest BCUT2D eigenvalue weighted by atomic mass is 10.0. The first kappa shape index (κ1) is 18.0. The van der Waals surface area contributed by atoms with Crippen LogP contribution in [0.1, 0.15) is 31.4 Å². The third-order valence-corrected chi connectivity index (χ3v) is 5.09. The molecular formula is C19H28N2O4. The van der Waals surface area contributed by atoms with Crippen molar-refractivity contribution < 1.29 is 19.0 Å². The van der Waals surface area contributed by atoms with Crippen LogP contribution in [0, 0.1) is 0 Å². The number of morpholine rings is 1. The van der Waals surface area contributed by atoms with E-state index in [2.05, 4.69) is 4.90 Å². The van der Waals surface area contributed by atoms with E-state index in [9.17, 15) is 4.79 Å². The molecule has 2 heterocycles. The van der Waals surface area contributed by atoms with Crippen molar-refractivity contribution in [1.29, 1.82) is 0 Å². The van der Waals surface area contributed by atoms with Crippen molar-refractivity contribution in [3.8, 4) is 11.5 Å². The van der Waals surface area contributed by atoms with E-state index in [1.807, 2.05) is 30.0 Å². The fourth-order valence-corrected chi connectivity index (χ4v) is 3.79. The molecular weight excluding hydrogens is 320 g/mol. The Kier molecular flexibility index (Phi) is 5.81. The van der Waals surface area contributed by atoms with Gasteiger partial charge in [-0.05, 0) is 44.5 Å². The molecule has 2 atom stereocenters. The maximum absolute atomic E-state index is 12.7. The van der Waals surface area contributed by atoms with Crippen molar-refractivity contribution in [1.82, 2.24) is 9.80 Å². The molecule has 138 valence electrons. The van der Waals surface area contributed by atoms with Gasteiger partial charge in [0.05, 0.1) is 33.5 Å². The van der Waals surface area contributed by atoms with Crippen LogP contribution in [0.5, 0.6) is 11.5 Å². The zero-order chi connectivity index (χ0) is 17.8. The SMILES string of the molecule is COc1ccc(OC)c(C2CCCN2CC(=O)N2CCOC(C)C2)c1. The van der Waals surface area contributed by atoms with Gasteiger partial charge in [0.25, 0.3) is 0 Å². The summed E-state index contributed by atoms with van der Waals surface area (Å²) in [7, 11) is 3.35. The molecule has 2 saturated heterocycles. The Bertz CT molecular complexity index is 607. The van der Waals surface area contributed by atoms with Gasteiger partial charge in [0.1, 0.15) is 11.5 Å². The lowest BCUT2D eigenvalue weighted by Gasteiger charge is -2.33. The van der Waals surface area contributed by atoms with Crippen molar-refractivity contribution in [2.24, 2.45) is 0 Å². The Morgan fingerprint density at radius 3 is 2.84 bits per heavy atom. The Morgan fingerprint density at radius 2 is 2.12 bits per heavy atom. The van der Waals surface area contributed by atoms with E-state index in [0.29, 0.717) is 26.2 Å². The molecule has 1 aromatic carbocycles. The van der Waals surface area contributed by atoms with Gasteiger partial charge >= 0.3 is 0 Å². The van der Waals surface area contributed by atoms with E-state index < -0.39 is 0 Å². The standard InChI is InChI=1S/C19H28N2O4/c1-14-12-21(9-10-25-14)19(22)13-20-8-4-5-17(20)16-11-15(23-2)6-7-18(16)24-3/h6-7,11,14,17H,4-5,8-10,12-13H2,1-3H3. The van der Waals surface area contributed by atoms with Gasteiger partial charge in [-0.1, -0.05) is 0 Å². The smallest absolute Gasteiger partial charge is 0.236 e. The van der Waals surface area contributed by atoms with E-state index >= 15 is 0 Å². The summed E-state index contributed by atoms with van der Waals surface area (Å²) in [5, 5.41) is 0. The molecule has 0 aliphatic carbocycles. The molecule has 6 nitrogen and oxygen atoms in total. The average Bonchev–Trinajstić information content (AvgIpc) is 3.09. The van der Waals surface area contributed by atoms with Gasteiger partial charge in [0.2, 0.25) is 5.91 Å². The summed E-state index contributed by atoms with van der Waals surface area (Å²) in [5.74, 6) is 1.85. The van der Waals surface area contributed by atoms with Crippen LogP contribution in [0.15, 0.2) is 18.2 Å². The number of carbonyl (C=O) groups excluding carboxylic acids is 1. The third kappa shape index (κ3) is 4.07. The number of carbonyl (C=O) groups is 1. The predicted octanol–water partition coefficient (Wildman–Crippen LogP) is 2.09. The molecule has 2 unspecified atom stereocenters. The van der Waals surface area contributed by atoms with Crippen LogP contribution < -0.4 is 9.47 Å². The van der Waals surface area contributed by atoms with Crippen LogP contribution >= 0.6 is 0 Å². The summed E-state index contributed by atoms with van der Waals surface area (Å²) < 4.78 is 16.5. The number of amides is 1. The van der Waals surface area contributed by atoms with Gasteiger partial charge in [-0.15, -0.1) is 0 Å². The number of hydrogen-bond acceptors (Lipinski definition) is 5. The van der Waals surface area contributed by atoms with E-state index in [4.69, 9.17) is 14.2 Å². The second-order valence-electron chi connectivity index (χ2n) is 6.76. The molecule has 0 aromatic heterocycles. The zero-order valence-electron chi connectivity index (χ0n) is 15.4. The van der Waals surface area contributed by atoms with Gasteiger partial charge in [-0.3, -0.25) is 9.69 Å². The molecule has 2 aliphatic rings. The normalized spacial score (nSPS) is 24.4. The molecule has 3 rings (SSSR count). The summed E-state index contributed by atoms with van der Waals surface area (Å²) in [6.45, 7) is 5.37. The monoisotopic (exact) mass is 348 g/mol. The summed E-state index contributed by atoms with van der Waals surface area (Å²) in [4.78, 5) is 16.9. The fraction of sp³-hybridized carbons (Fsp3) is 0.632. The van der Waals surface area contributed by atoms with Gasteiger partial charge in [0.15, 0.2) is 0 Å². The second-order valence-corrected chi connectivity index (χ2v) is 6.76. The van der Waals surface area contributed by atoms with Crippen molar-refractivity contribution in [3.05, 3.63) is 23.8 Å². The Labute approximate surface area is 149 Å².